The molecule has 7 nitrogen and oxygen atoms in total. The molecule has 160 valence electrons. The Balaban J connectivity index is 1.67. The maximum Gasteiger partial charge on any atom is 0.291 e. The molecule has 0 radical (unpaired) electrons. The van der Waals surface area contributed by atoms with Gasteiger partial charge in [0.25, 0.3) is 11.8 Å². The van der Waals surface area contributed by atoms with Crippen molar-refractivity contribution in [2.45, 2.75) is 19.8 Å². The van der Waals surface area contributed by atoms with Crippen LogP contribution >= 0.6 is 12.2 Å². The minimum atomic E-state index is -0.387. The van der Waals surface area contributed by atoms with E-state index >= 15 is 0 Å². The van der Waals surface area contributed by atoms with E-state index < -0.39 is 0 Å². The average molecular weight is 438 g/mol. The fourth-order valence-corrected chi connectivity index (χ4v) is 3.03. The lowest BCUT2D eigenvalue weighted by Crippen LogP contribution is -2.34. The summed E-state index contributed by atoms with van der Waals surface area (Å²) in [4.78, 5) is 24.7. The van der Waals surface area contributed by atoms with Gasteiger partial charge in [-0.15, -0.1) is 0 Å². The lowest BCUT2D eigenvalue weighted by molar-refractivity contribution is 0.0975. The zero-order valence-corrected chi connectivity index (χ0v) is 18.2. The van der Waals surface area contributed by atoms with Crippen LogP contribution in [0.5, 0.6) is 5.75 Å². The van der Waals surface area contributed by atoms with Crippen molar-refractivity contribution in [3.8, 4) is 5.75 Å². The Bertz CT molecular complexity index is 1080. The van der Waals surface area contributed by atoms with E-state index in [1.165, 1.54) is 13.4 Å². The molecule has 1 aromatic heterocycles. The minimum Gasteiger partial charge on any atom is -0.495 e. The third-order valence-electron chi connectivity index (χ3n) is 4.52. The lowest BCUT2D eigenvalue weighted by Gasteiger charge is -2.15. The number of furan rings is 1. The van der Waals surface area contributed by atoms with Crippen LogP contribution in [0, 0.1) is 0 Å². The molecule has 0 saturated carbocycles. The zero-order valence-electron chi connectivity index (χ0n) is 17.4. The second-order valence-electron chi connectivity index (χ2n) is 7.03. The van der Waals surface area contributed by atoms with E-state index in [1.807, 2.05) is 12.1 Å². The van der Waals surface area contributed by atoms with E-state index in [4.69, 9.17) is 21.4 Å². The molecule has 0 atom stereocenters. The second kappa shape index (κ2) is 9.90. The van der Waals surface area contributed by atoms with Gasteiger partial charge in [-0.3, -0.25) is 14.9 Å². The van der Waals surface area contributed by atoms with Crippen LogP contribution in [0.3, 0.4) is 0 Å². The number of amides is 2. The van der Waals surface area contributed by atoms with E-state index in [1.54, 1.807) is 42.5 Å². The summed E-state index contributed by atoms with van der Waals surface area (Å²) in [6.07, 6.45) is 1.42. The molecule has 3 rings (SSSR count). The van der Waals surface area contributed by atoms with E-state index in [2.05, 4.69) is 29.8 Å². The molecule has 0 aliphatic heterocycles. The molecule has 0 unspecified atom stereocenters. The monoisotopic (exact) mass is 437 g/mol. The topological polar surface area (TPSA) is 92.6 Å². The van der Waals surface area contributed by atoms with Crippen molar-refractivity contribution in [2.24, 2.45) is 0 Å². The highest BCUT2D eigenvalue weighted by Crippen LogP contribution is 2.28. The number of nitrogens with one attached hydrogen (secondary N) is 3. The third kappa shape index (κ3) is 5.70. The largest absolute Gasteiger partial charge is 0.495 e. The average Bonchev–Trinajstić information content (AvgIpc) is 3.29. The molecule has 0 fully saturated rings. The third-order valence-corrected chi connectivity index (χ3v) is 4.72. The van der Waals surface area contributed by atoms with Crippen molar-refractivity contribution in [1.29, 1.82) is 0 Å². The number of thiocarbonyl (C=S) groups is 1. The van der Waals surface area contributed by atoms with Crippen LogP contribution < -0.4 is 20.7 Å². The summed E-state index contributed by atoms with van der Waals surface area (Å²) in [5, 5.41) is 8.42. The van der Waals surface area contributed by atoms with Crippen molar-refractivity contribution < 1.29 is 18.7 Å². The number of hydrogen-bond donors (Lipinski definition) is 3. The number of carbonyl (C=O) groups excluding carboxylic acids is 2. The molecule has 31 heavy (non-hydrogen) atoms. The van der Waals surface area contributed by atoms with Gasteiger partial charge >= 0.3 is 0 Å². The van der Waals surface area contributed by atoms with Crippen LogP contribution in [0.4, 0.5) is 11.4 Å². The van der Waals surface area contributed by atoms with Crippen molar-refractivity contribution in [2.75, 3.05) is 17.7 Å². The van der Waals surface area contributed by atoms with Gasteiger partial charge in [-0.2, -0.15) is 0 Å². The Labute approximate surface area is 185 Å². The summed E-state index contributed by atoms with van der Waals surface area (Å²) in [6.45, 7) is 4.18. The summed E-state index contributed by atoms with van der Waals surface area (Å²) in [5.41, 5.74) is 2.64. The number of methoxy groups -OCH3 is 1. The minimum absolute atomic E-state index is 0.103. The summed E-state index contributed by atoms with van der Waals surface area (Å²) in [7, 11) is 1.51. The standard InChI is InChI=1S/C23H23N3O4S/c1-14(2)15-6-8-16(9-7-15)21(27)26-23(31)25-18-13-17(10-11-19(18)29-3)24-22(28)20-5-4-12-30-20/h4-14H,1-3H3,(H,24,28)(H2,25,26,27,31). The predicted octanol–water partition coefficient (Wildman–Crippen LogP) is 4.79. The van der Waals surface area contributed by atoms with Crippen LogP contribution in [-0.2, 0) is 0 Å². The molecule has 2 amide bonds. The molecule has 8 heteroatoms. The Kier molecular flexibility index (Phi) is 7.04. The van der Waals surface area contributed by atoms with Crippen molar-refractivity contribution in [3.63, 3.8) is 0 Å². The number of benzene rings is 2. The number of rotatable bonds is 6. The lowest BCUT2D eigenvalue weighted by atomic mass is 10.0. The molecule has 3 aromatic rings. The van der Waals surface area contributed by atoms with Gasteiger partial charge in [-0.1, -0.05) is 26.0 Å². The van der Waals surface area contributed by atoms with Gasteiger partial charge in [0.15, 0.2) is 10.9 Å². The van der Waals surface area contributed by atoms with Crippen LogP contribution in [0.15, 0.2) is 65.3 Å². The van der Waals surface area contributed by atoms with Crippen LogP contribution in [0.2, 0.25) is 0 Å². The summed E-state index contributed by atoms with van der Waals surface area (Å²) in [5.74, 6) is 0.356. The van der Waals surface area contributed by atoms with Gasteiger partial charge < -0.3 is 19.8 Å². The first kappa shape index (κ1) is 22.0. The summed E-state index contributed by atoms with van der Waals surface area (Å²) >= 11 is 5.28. The fraction of sp³-hybridized carbons (Fsp3) is 0.174. The highest BCUT2D eigenvalue weighted by molar-refractivity contribution is 7.80. The van der Waals surface area contributed by atoms with Gasteiger partial charge in [0.05, 0.1) is 19.1 Å². The number of carbonyl (C=O) groups is 2. The highest BCUT2D eigenvalue weighted by atomic mass is 32.1. The van der Waals surface area contributed by atoms with Crippen molar-refractivity contribution in [1.82, 2.24) is 5.32 Å². The zero-order chi connectivity index (χ0) is 22.4. The van der Waals surface area contributed by atoms with E-state index in [0.29, 0.717) is 28.6 Å². The quantitative estimate of drug-likeness (QED) is 0.480. The summed E-state index contributed by atoms with van der Waals surface area (Å²) in [6, 6.07) is 15.6. The number of hydrogen-bond acceptors (Lipinski definition) is 5. The molecule has 0 saturated heterocycles. The van der Waals surface area contributed by atoms with Crippen molar-refractivity contribution >= 4 is 40.5 Å². The smallest absolute Gasteiger partial charge is 0.291 e. The number of anilines is 2. The van der Waals surface area contributed by atoms with E-state index in [-0.39, 0.29) is 22.7 Å². The molecule has 3 N–H and O–H groups in total. The summed E-state index contributed by atoms with van der Waals surface area (Å²) < 4.78 is 10.4. The first-order valence-electron chi connectivity index (χ1n) is 9.62. The van der Waals surface area contributed by atoms with Gasteiger partial charge in [-0.25, -0.2) is 0 Å². The Morgan fingerprint density at radius 2 is 1.74 bits per heavy atom. The van der Waals surface area contributed by atoms with Crippen molar-refractivity contribution in [3.05, 3.63) is 77.7 Å². The Hall–Kier alpha value is -3.65. The molecule has 0 aliphatic rings. The normalized spacial score (nSPS) is 10.5. The maximum atomic E-state index is 12.5. The van der Waals surface area contributed by atoms with Gasteiger partial charge in [0.2, 0.25) is 0 Å². The molecule has 1 heterocycles. The predicted molar refractivity (Wildman–Crippen MR) is 124 cm³/mol. The first-order valence-corrected chi connectivity index (χ1v) is 10.0. The van der Waals surface area contributed by atoms with Gasteiger partial charge in [0, 0.05) is 11.3 Å². The highest BCUT2D eigenvalue weighted by Gasteiger charge is 2.13. The fourth-order valence-electron chi connectivity index (χ4n) is 2.83. The van der Waals surface area contributed by atoms with E-state index in [0.717, 1.165) is 5.56 Å². The van der Waals surface area contributed by atoms with Crippen LogP contribution in [-0.4, -0.2) is 24.0 Å². The Morgan fingerprint density at radius 1 is 1.00 bits per heavy atom. The molecular weight excluding hydrogens is 414 g/mol. The molecule has 0 bridgehead atoms. The first-order chi connectivity index (χ1) is 14.9. The molecule has 2 aromatic carbocycles. The SMILES string of the molecule is COc1ccc(NC(=O)c2ccco2)cc1NC(=S)NC(=O)c1ccc(C(C)C)cc1. The van der Waals surface area contributed by atoms with Gasteiger partial charge in [-0.05, 0) is 66.2 Å². The van der Waals surface area contributed by atoms with E-state index in [9.17, 15) is 9.59 Å². The van der Waals surface area contributed by atoms with Gasteiger partial charge in [0.1, 0.15) is 5.75 Å². The molecule has 0 spiro atoms. The Morgan fingerprint density at radius 3 is 2.35 bits per heavy atom. The number of ether oxygens (including phenoxy) is 1. The second-order valence-corrected chi connectivity index (χ2v) is 7.44. The van der Waals surface area contributed by atoms with Crippen LogP contribution in [0.1, 0.15) is 46.2 Å². The molecular formula is C23H23N3O4S. The van der Waals surface area contributed by atoms with Crippen LogP contribution in [0.25, 0.3) is 0 Å². The molecule has 0 aliphatic carbocycles. The maximum absolute atomic E-state index is 12.5.